The van der Waals surface area contributed by atoms with Gasteiger partial charge in [-0.25, -0.2) is 4.79 Å². The lowest BCUT2D eigenvalue weighted by Crippen LogP contribution is -2.47. The van der Waals surface area contributed by atoms with Gasteiger partial charge in [0.2, 0.25) is 0 Å². The molecule has 1 unspecified atom stereocenters. The zero-order chi connectivity index (χ0) is 17.6. The Morgan fingerprint density at radius 2 is 2.08 bits per heavy atom. The van der Waals surface area contributed by atoms with Crippen LogP contribution in [0.4, 0.5) is 4.79 Å². The molecule has 1 aromatic carbocycles. The lowest BCUT2D eigenvalue weighted by Gasteiger charge is -2.35. The Labute approximate surface area is 149 Å². The van der Waals surface area contributed by atoms with Crippen LogP contribution in [0, 0.1) is 0 Å². The molecule has 2 amide bonds. The number of urea groups is 1. The van der Waals surface area contributed by atoms with Gasteiger partial charge in [0.25, 0.3) is 0 Å². The zero-order valence-corrected chi connectivity index (χ0v) is 14.8. The lowest BCUT2D eigenvalue weighted by atomic mass is 9.92. The van der Waals surface area contributed by atoms with Crippen LogP contribution in [-0.2, 0) is 6.61 Å². The molecule has 1 heterocycles. The van der Waals surface area contributed by atoms with E-state index in [9.17, 15) is 4.79 Å². The number of nitrogens with zero attached hydrogens (tertiary/aromatic N) is 2. The first-order valence-electron chi connectivity index (χ1n) is 8.78. The second kappa shape index (κ2) is 8.01. The SMILES string of the molecule is CC(NC(=O)N(C)C1CCC1)c1ccc(OCc2cccnc2)cc1. The molecule has 1 atom stereocenters. The maximum Gasteiger partial charge on any atom is 0.317 e. The number of amides is 2. The van der Waals surface area contributed by atoms with E-state index in [0.717, 1.165) is 29.7 Å². The molecule has 1 fully saturated rings. The number of nitrogens with one attached hydrogen (secondary N) is 1. The summed E-state index contributed by atoms with van der Waals surface area (Å²) in [7, 11) is 1.88. The smallest absolute Gasteiger partial charge is 0.317 e. The van der Waals surface area contributed by atoms with Crippen LogP contribution in [0.1, 0.15) is 43.4 Å². The number of hydrogen-bond acceptors (Lipinski definition) is 3. The first kappa shape index (κ1) is 17.3. The topological polar surface area (TPSA) is 54.5 Å². The molecule has 3 rings (SSSR count). The maximum atomic E-state index is 12.3. The van der Waals surface area contributed by atoms with E-state index in [1.54, 1.807) is 12.4 Å². The fraction of sp³-hybridized carbons (Fsp3) is 0.400. The second-order valence-electron chi connectivity index (χ2n) is 6.59. The summed E-state index contributed by atoms with van der Waals surface area (Å²) in [6.07, 6.45) is 6.99. The van der Waals surface area contributed by atoms with Crippen molar-refractivity contribution in [3.63, 3.8) is 0 Å². The minimum atomic E-state index is -0.0394. The molecule has 2 aromatic rings. The fourth-order valence-electron chi connectivity index (χ4n) is 2.81. The van der Waals surface area contributed by atoms with Crippen LogP contribution >= 0.6 is 0 Å². The molecule has 1 aromatic heterocycles. The molecule has 1 N–H and O–H groups in total. The molecule has 5 heteroatoms. The van der Waals surface area contributed by atoms with E-state index in [1.165, 1.54) is 6.42 Å². The van der Waals surface area contributed by atoms with Gasteiger partial charge >= 0.3 is 6.03 Å². The quantitative estimate of drug-likeness (QED) is 0.868. The van der Waals surface area contributed by atoms with Gasteiger partial charge in [0.1, 0.15) is 12.4 Å². The second-order valence-corrected chi connectivity index (χ2v) is 6.59. The Balaban J connectivity index is 1.51. The van der Waals surface area contributed by atoms with E-state index >= 15 is 0 Å². The Kier molecular flexibility index (Phi) is 5.53. The molecule has 1 aliphatic rings. The summed E-state index contributed by atoms with van der Waals surface area (Å²) in [5.74, 6) is 0.803. The monoisotopic (exact) mass is 339 g/mol. The fourth-order valence-corrected chi connectivity index (χ4v) is 2.81. The summed E-state index contributed by atoms with van der Waals surface area (Å²) in [4.78, 5) is 18.2. The van der Waals surface area contributed by atoms with Crippen molar-refractivity contribution in [3.8, 4) is 5.75 Å². The van der Waals surface area contributed by atoms with Crippen LogP contribution in [0.3, 0.4) is 0 Å². The number of benzene rings is 1. The molecule has 132 valence electrons. The van der Waals surface area contributed by atoms with Crippen LogP contribution < -0.4 is 10.1 Å². The summed E-state index contributed by atoms with van der Waals surface area (Å²) < 4.78 is 5.76. The van der Waals surface area contributed by atoms with Gasteiger partial charge in [-0.2, -0.15) is 0 Å². The van der Waals surface area contributed by atoms with E-state index in [4.69, 9.17) is 4.74 Å². The van der Waals surface area contributed by atoms with Gasteiger partial charge in [-0.3, -0.25) is 4.98 Å². The van der Waals surface area contributed by atoms with E-state index in [-0.39, 0.29) is 12.1 Å². The highest BCUT2D eigenvalue weighted by Crippen LogP contribution is 2.24. The number of rotatable bonds is 6. The van der Waals surface area contributed by atoms with Crippen LogP contribution in [0.15, 0.2) is 48.8 Å². The van der Waals surface area contributed by atoms with Crippen molar-refractivity contribution in [2.24, 2.45) is 0 Å². The normalized spacial score (nSPS) is 15.1. The molecule has 1 aliphatic carbocycles. The predicted octanol–water partition coefficient (Wildman–Crippen LogP) is 3.92. The number of hydrogen-bond donors (Lipinski definition) is 1. The molecule has 25 heavy (non-hydrogen) atoms. The highest BCUT2D eigenvalue weighted by Gasteiger charge is 2.26. The van der Waals surface area contributed by atoms with Gasteiger partial charge in [-0.1, -0.05) is 18.2 Å². The molecular weight excluding hydrogens is 314 g/mol. The van der Waals surface area contributed by atoms with Gasteiger partial charge < -0.3 is 15.0 Å². The molecule has 0 bridgehead atoms. The third-order valence-corrected chi connectivity index (χ3v) is 4.79. The van der Waals surface area contributed by atoms with Crippen LogP contribution in [0.25, 0.3) is 0 Å². The van der Waals surface area contributed by atoms with Crippen molar-refractivity contribution in [3.05, 3.63) is 59.9 Å². The Bertz CT molecular complexity index is 684. The first-order chi connectivity index (χ1) is 12.1. The maximum absolute atomic E-state index is 12.3. The van der Waals surface area contributed by atoms with Gasteiger partial charge in [0.05, 0.1) is 6.04 Å². The van der Waals surface area contributed by atoms with Crippen molar-refractivity contribution >= 4 is 6.03 Å². The van der Waals surface area contributed by atoms with Crippen molar-refractivity contribution in [1.82, 2.24) is 15.2 Å². The summed E-state index contributed by atoms with van der Waals surface area (Å²) >= 11 is 0. The molecule has 0 saturated heterocycles. The average molecular weight is 339 g/mol. The summed E-state index contributed by atoms with van der Waals surface area (Å²) in [5, 5.41) is 3.06. The van der Waals surface area contributed by atoms with Crippen LogP contribution in [0.2, 0.25) is 0 Å². The van der Waals surface area contributed by atoms with Crippen molar-refractivity contribution < 1.29 is 9.53 Å². The van der Waals surface area contributed by atoms with Gasteiger partial charge in [0.15, 0.2) is 0 Å². The minimum Gasteiger partial charge on any atom is -0.489 e. The van der Waals surface area contributed by atoms with Crippen molar-refractivity contribution in [1.29, 1.82) is 0 Å². The highest BCUT2D eigenvalue weighted by atomic mass is 16.5. The van der Waals surface area contributed by atoms with Gasteiger partial charge in [-0.05, 0) is 49.9 Å². The standard InChI is InChI=1S/C20H25N3O2/c1-15(22-20(24)23(2)18-6-3-7-18)17-8-10-19(11-9-17)25-14-16-5-4-12-21-13-16/h4-5,8-13,15,18H,3,6-7,14H2,1-2H3,(H,22,24). The number of ether oxygens (including phenoxy) is 1. The Morgan fingerprint density at radius 1 is 1.32 bits per heavy atom. The minimum absolute atomic E-state index is 0.00546. The third-order valence-electron chi connectivity index (χ3n) is 4.79. The van der Waals surface area contributed by atoms with Crippen molar-refractivity contribution in [2.75, 3.05) is 7.05 Å². The first-order valence-corrected chi connectivity index (χ1v) is 8.78. The van der Waals surface area contributed by atoms with E-state index in [2.05, 4.69) is 10.3 Å². The predicted molar refractivity (Wildman–Crippen MR) is 97.4 cm³/mol. The van der Waals surface area contributed by atoms with E-state index in [0.29, 0.717) is 12.6 Å². The molecule has 1 saturated carbocycles. The number of aromatic nitrogens is 1. The molecular formula is C20H25N3O2. The van der Waals surface area contributed by atoms with Crippen molar-refractivity contribution in [2.45, 2.75) is 44.9 Å². The Hall–Kier alpha value is -2.56. The third kappa shape index (κ3) is 4.50. The van der Waals surface area contributed by atoms with Crippen LogP contribution in [0.5, 0.6) is 5.75 Å². The van der Waals surface area contributed by atoms with Gasteiger partial charge in [0, 0.05) is 31.0 Å². The van der Waals surface area contributed by atoms with Gasteiger partial charge in [-0.15, -0.1) is 0 Å². The Morgan fingerprint density at radius 3 is 2.68 bits per heavy atom. The van der Waals surface area contributed by atoms with E-state index in [1.807, 2.05) is 55.3 Å². The largest absolute Gasteiger partial charge is 0.489 e. The molecule has 5 nitrogen and oxygen atoms in total. The summed E-state index contributed by atoms with van der Waals surface area (Å²) in [6.45, 7) is 2.49. The number of pyridine rings is 1. The highest BCUT2D eigenvalue weighted by molar-refractivity contribution is 5.74. The number of carbonyl (C=O) groups excluding carboxylic acids is 1. The summed E-state index contributed by atoms with van der Waals surface area (Å²) in [5.41, 5.74) is 2.09. The summed E-state index contributed by atoms with van der Waals surface area (Å²) in [6, 6.07) is 12.1. The number of carbonyl (C=O) groups is 1. The molecule has 0 spiro atoms. The van der Waals surface area contributed by atoms with E-state index < -0.39 is 0 Å². The zero-order valence-electron chi connectivity index (χ0n) is 14.8. The molecule has 0 aliphatic heterocycles. The van der Waals surface area contributed by atoms with Crippen LogP contribution in [-0.4, -0.2) is 29.0 Å². The lowest BCUT2D eigenvalue weighted by molar-refractivity contribution is 0.155. The molecule has 0 radical (unpaired) electrons. The average Bonchev–Trinajstić information content (AvgIpc) is 2.59.